The van der Waals surface area contributed by atoms with E-state index < -0.39 is 35.9 Å². The molecule has 11 nitrogen and oxygen atoms in total. The van der Waals surface area contributed by atoms with Crippen LogP contribution in [0.5, 0.6) is 11.5 Å². The van der Waals surface area contributed by atoms with Gasteiger partial charge >= 0.3 is 24.2 Å². The standard InChI is InChI=1S/C30H39NO10/c1-19(2)17-37-28(34)40-24-13-12-22(14-25(24)41-29(35)38-18-20(3)4)16-30(31,27(33)36-6)15-21(5)39-26(32)23-10-8-7-9-11-23/h7-14,19-21H,15-18,31H2,1-6H3/t21-,30?/m0/s1. The summed E-state index contributed by atoms with van der Waals surface area (Å²) in [6.07, 6.45) is -2.92. The van der Waals surface area contributed by atoms with E-state index in [9.17, 15) is 19.2 Å². The van der Waals surface area contributed by atoms with Crippen molar-refractivity contribution < 1.29 is 47.6 Å². The minimum Gasteiger partial charge on any atom is -0.468 e. The van der Waals surface area contributed by atoms with Crippen molar-refractivity contribution in [1.29, 1.82) is 0 Å². The summed E-state index contributed by atoms with van der Waals surface area (Å²) in [4.78, 5) is 49.8. The van der Waals surface area contributed by atoms with Crippen LogP contribution < -0.4 is 15.2 Å². The molecule has 11 heteroatoms. The lowest BCUT2D eigenvalue weighted by molar-refractivity contribution is -0.148. The number of ether oxygens (including phenoxy) is 6. The van der Waals surface area contributed by atoms with Crippen molar-refractivity contribution in [3.63, 3.8) is 0 Å². The van der Waals surface area contributed by atoms with E-state index in [0.717, 1.165) is 0 Å². The van der Waals surface area contributed by atoms with E-state index in [4.69, 9.17) is 34.2 Å². The Kier molecular flexibility index (Phi) is 12.6. The SMILES string of the molecule is COC(=O)C(N)(Cc1ccc(OC(=O)OCC(C)C)c(OC(=O)OCC(C)C)c1)C[C@H](C)OC(=O)c1ccccc1. The molecule has 41 heavy (non-hydrogen) atoms. The second kappa shape index (κ2) is 15.6. The first-order valence-electron chi connectivity index (χ1n) is 13.3. The highest BCUT2D eigenvalue weighted by Gasteiger charge is 2.38. The van der Waals surface area contributed by atoms with Crippen LogP contribution in [-0.4, -0.2) is 56.2 Å². The van der Waals surface area contributed by atoms with Gasteiger partial charge in [0.05, 0.1) is 25.9 Å². The molecule has 0 saturated heterocycles. The van der Waals surface area contributed by atoms with Crippen molar-refractivity contribution in [3.05, 3.63) is 59.7 Å². The third-order valence-electron chi connectivity index (χ3n) is 5.54. The van der Waals surface area contributed by atoms with Gasteiger partial charge in [-0.2, -0.15) is 0 Å². The summed E-state index contributed by atoms with van der Waals surface area (Å²) in [6.45, 7) is 9.31. The number of rotatable bonds is 13. The molecule has 0 radical (unpaired) electrons. The Morgan fingerprint density at radius 2 is 1.37 bits per heavy atom. The lowest BCUT2D eigenvalue weighted by Gasteiger charge is -2.29. The maximum Gasteiger partial charge on any atom is 0.513 e. The highest BCUT2D eigenvalue weighted by Crippen LogP contribution is 2.32. The van der Waals surface area contributed by atoms with Crippen molar-refractivity contribution in [3.8, 4) is 11.5 Å². The van der Waals surface area contributed by atoms with Crippen LogP contribution in [0.15, 0.2) is 48.5 Å². The summed E-state index contributed by atoms with van der Waals surface area (Å²) in [6, 6.07) is 12.7. The fourth-order valence-electron chi connectivity index (χ4n) is 3.71. The van der Waals surface area contributed by atoms with E-state index in [1.54, 1.807) is 43.3 Å². The molecule has 0 aliphatic heterocycles. The molecule has 0 heterocycles. The topological polar surface area (TPSA) is 150 Å². The monoisotopic (exact) mass is 573 g/mol. The molecule has 2 atom stereocenters. The molecule has 2 aromatic carbocycles. The number of benzene rings is 2. The maximum atomic E-state index is 12.8. The van der Waals surface area contributed by atoms with Gasteiger partial charge in [0.1, 0.15) is 11.6 Å². The van der Waals surface area contributed by atoms with Crippen LogP contribution in [0.2, 0.25) is 0 Å². The van der Waals surface area contributed by atoms with Crippen molar-refractivity contribution in [1.82, 2.24) is 0 Å². The van der Waals surface area contributed by atoms with E-state index in [1.807, 2.05) is 27.7 Å². The van der Waals surface area contributed by atoms with E-state index in [0.29, 0.717) is 11.1 Å². The van der Waals surface area contributed by atoms with E-state index >= 15 is 0 Å². The third kappa shape index (κ3) is 11.1. The lowest BCUT2D eigenvalue weighted by Crippen LogP contribution is -2.53. The Morgan fingerprint density at radius 3 is 1.90 bits per heavy atom. The van der Waals surface area contributed by atoms with Crippen LogP contribution in [0.3, 0.4) is 0 Å². The molecule has 0 spiro atoms. The molecule has 2 aromatic rings. The molecule has 0 aliphatic rings. The van der Waals surface area contributed by atoms with Crippen molar-refractivity contribution in [2.24, 2.45) is 17.6 Å². The molecular weight excluding hydrogens is 534 g/mol. The smallest absolute Gasteiger partial charge is 0.468 e. The average molecular weight is 574 g/mol. The number of nitrogens with two attached hydrogens (primary N) is 1. The largest absolute Gasteiger partial charge is 0.513 e. The Labute approximate surface area is 240 Å². The first kappa shape index (κ1) is 33.1. The molecule has 2 N–H and O–H groups in total. The van der Waals surface area contributed by atoms with Gasteiger partial charge in [0.2, 0.25) is 0 Å². The minimum atomic E-state index is -1.63. The van der Waals surface area contributed by atoms with Crippen LogP contribution >= 0.6 is 0 Å². The second-order valence-corrected chi connectivity index (χ2v) is 10.5. The molecule has 0 aromatic heterocycles. The zero-order chi connectivity index (χ0) is 30.6. The van der Waals surface area contributed by atoms with Gasteiger partial charge in [-0.1, -0.05) is 52.0 Å². The van der Waals surface area contributed by atoms with Gasteiger partial charge in [-0.05, 0) is 48.6 Å². The van der Waals surface area contributed by atoms with Crippen LogP contribution in [0, 0.1) is 11.8 Å². The molecule has 0 saturated carbocycles. The molecule has 0 fully saturated rings. The van der Waals surface area contributed by atoms with Gasteiger partial charge < -0.3 is 34.2 Å². The number of hydrogen-bond donors (Lipinski definition) is 1. The first-order valence-corrected chi connectivity index (χ1v) is 13.3. The van der Waals surface area contributed by atoms with Crippen LogP contribution in [0.4, 0.5) is 9.59 Å². The Hall–Kier alpha value is -4.12. The lowest BCUT2D eigenvalue weighted by atomic mass is 9.86. The quantitative estimate of drug-likeness (QED) is 0.194. The zero-order valence-corrected chi connectivity index (χ0v) is 24.3. The Balaban J connectivity index is 2.28. The van der Waals surface area contributed by atoms with Gasteiger partial charge in [-0.25, -0.2) is 14.4 Å². The number of hydrogen-bond acceptors (Lipinski definition) is 11. The third-order valence-corrected chi connectivity index (χ3v) is 5.54. The fraction of sp³-hybridized carbons (Fsp3) is 0.467. The minimum absolute atomic E-state index is 0.0616. The van der Waals surface area contributed by atoms with Gasteiger partial charge in [-0.15, -0.1) is 0 Å². The predicted molar refractivity (Wildman–Crippen MR) is 149 cm³/mol. The van der Waals surface area contributed by atoms with Crippen LogP contribution in [0.25, 0.3) is 0 Å². The number of methoxy groups -OCH3 is 1. The van der Waals surface area contributed by atoms with Gasteiger partial charge in [0.25, 0.3) is 0 Å². The van der Waals surface area contributed by atoms with Crippen molar-refractivity contribution >= 4 is 24.2 Å². The summed E-state index contributed by atoms with van der Waals surface area (Å²) in [7, 11) is 1.20. The molecule has 0 bridgehead atoms. The highest BCUT2D eigenvalue weighted by atomic mass is 16.7. The van der Waals surface area contributed by atoms with E-state index in [1.165, 1.54) is 19.2 Å². The predicted octanol–water partition coefficient (Wildman–Crippen LogP) is 5.08. The highest BCUT2D eigenvalue weighted by molar-refractivity contribution is 5.89. The van der Waals surface area contributed by atoms with Crippen LogP contribution in [-0.2, 0) is 30.2 Å². The summed E-state index contributed by atoms with van der Waals surface area (Å²) >= 11 is 0. The van der Waals surface area contributed by atoms with E-state index in [2.05, 4.69) is 0 Å². The molecule has 2 rings (SSSR count). The Bertz CT molecular complexity index is 1180. The molecule has 0 amide bonds. The summed E-state index contributed by atoms with van der Waals surface area (Å²) < 4.78 is 31.2. The molecule has 224 valence electrons. The van der Waals surface area contributed by atoms with Crippen molar-refractivity contribution in [2.45, 2.75) is 59.1 Å². The Morgan fingerprint density at radius 1 is 0.805 bits per heavy atom. The van der Waals surface area contributed by atoms with Crippen LogP contribution in [0.1, 0.15) is 57.0 Å². The molecule has 0 aliphatic carbocycles. The maximum absolute atomic E-state index is 12.8. The number of esters is 2. The fourth-order valence-corrected chi connectivity index (χ4v) is 3.71. The first-order chi connectivity index (χ1) is 19.3. The average Bonchev–Trinajstić information content (AvgIpc) is 2.91. The van der Waals surface area contributed by atoms with E-state index in [-0.39, 0.29) is 49.4 Å². The zero-order valence-electron chi connectivity index (χ0n) is 24.3. The summed E-state index contributed by atoms with van der Waals surface area (Å²) in [5.41, 5.74) is 5.68. The normalized spacial score (nSPS) is 13.1. The summed E-state index contributed by atoms with van der Waals surface area (Å²) in [5.74, 6) is -1.41. The summed E-state index contributed by atoms with van der Waals surface area (Å²) in [5, 5.41) is 0. The van der Waals surface area contributed by atoms with Gasteiger partial charge in [-0.3, -0.25) is 4.79 Å². The molecule has 1 unspecified atom stereocenters. The number of carbonyl (C=O) groups excluding carboxylic acids is 4. The van der Waals surface area contributed by atoms with Crippen molar-refractivity contribution in [2.75, 3.05) is 20.3 Å². The molecular formula is C30H39NO10. The second-order valence-electron chi connectivity index (χ2n) is 10.5. The van der Waals surface area contributed by atoms with Gasteiger partial charge in [0, 0.05) is 12.8 Å². The number of carbonyl (C=O) groups is 4. The van der Waals surface area contributed by atoms with Gasteiger partial charge in [0.15, 0.2) is 11.5 Å².